The van der Waals surface area contributed by atoms with Crippen LogP contribution in [-0.4, -0.2) is 48.2 Å². The highest BCUT2D eigenvalue weighted by atomic mass is 16.4. The normalized spacial score (nSPS) is 26.4. The minimum absolute atomic E-state index is 0.177. The van der Waals surface area contributed by atoms with Crippen LogP contribution in [0.25, 0.3) is 0 Å². The van der Waals surface area contributed by atoms with E-state index in [1.165, 1.54) is 6.42 Å². The zero-order chi connectivity index (χ0) is 12.8. The van der Waals surface area contributed by atoms with Crippen LogP contribution in [0.5, 0.6) is 0 Å². The van der Waals surface area contributed by atoms with Gasteiger partial charge < -0.3 is 10.4 Å². The fraction of sp³-hybridized carbons (Fsp3) is 0.923. The van der Waals surface area contributed by atoms with Crippen LogP contribution in [0.3, 0.4) is 0 Å². The van der Waals surface area contributed by atoms with Gasteiger partial charge in [-0.15, -0.1) is 0 Å². The highest BCUT2D eigenvalue weighted by Gasteiger charge is 2.26. The van der Waals surface area contributed by atoms with Crippen LogP contribution in [0.4, 0.5) is 0 Å². The SMILES string of the molecule is CCC1CC(NCC(C)C)CN(CC(=O)O)C1. The molecule has 1 aliphatic heterocycles. The summed E-state index contributed by atoms with van der Waals surface area (Å²) in [5, 5.41) is 12.4. The molecule has 4 heteroatoms. The molecule has 4 nitrogen and oxygen atoms in total. The summed E-state index contributed by atoms with van der Waals surface area (Å²) in [6, 6.07) is 0.454. The fourth-order valence-electron chi connectivity index (χ4n) is 2.47. The van der Waals surface area contributed by atoms with Gasteiger partial charge in [0.2, 0.25) is 0 Å². The lowest BCUT2D eigenvalue weighted by Gasteiger charge is -2.37. The Kier molecular flexibility index (Phi) is 5.92. The Morgan fingerprint density at radius 2 is 2.18 bits per heavy atom. The van der Waals surface area contributed by atoms with E-state index in [1.807, 2.05) is 0 Å². The van der Waals surface area contributed by atoms with Crippen molar-refractivity contribution in [2.75, 3.05) is 26.2 Å². The van der Waals surface area contributed by atoms with Gasteiger partial charge in [-0.3, -0.25) is 9.69 Å². The third-order valence-corrected chi connectivity index (χ3v) is 3.36. The predicted octanol–water partition coefficient (Wildman–Crippen LogP) is 1.42. The minimum Gasteiger partial charge on any atom is -0.480 e. The topological polar surface area (TPSA) is 52.6 Å². The monoisotopic (exact) mass is 242 g/mol. The van der Waals surface area contributed by atoms with Gasteiger partial charge in [-0.05, 0) is 24.8 Å². The second-order valence-electron chi connectivity index (χ2n) is 5.60. The summed E-state index contributed by atoms with van der Waals surface area (Å²) in [7, 11) is 0. The molecular weight excluding hydrogens is 216 g/mol. The summed E-state index contributed by atoms with van der Waals surface area (Å²) in [5.41, 5.74) is 0. The molecule has 17 heavy (non-hydrogen) atoms. The third kappa shape index (κ3) is 5.50. The first kappa shape index (κ1) is 14.5. The number of nitrogens with zero attached hydrogens (tertiary/aromatic N) is 1. The average Bonchev–Trinajstić information content (AvgIpc) is 2.25. The van der Waals surface area contributed by atoms with Crippen molar-refractivity contribution in [1.82, 2.24) is 10.2 Å². The smallest absolute Gasteiger partial charge is 0.317 e. The number of nitrogens with one attached hydrogen (secondary N) is 1. The van der Waals surface area contributed by atoms with E-state index >= 15 is 0 Å². The molecule has 0 radical (unpaired) electrons. The number of piperidine rings is 1. The van der Waals surface area contributed by atoms with Crippen molar-refractivity contribution < 1.29 is 9.90 Å². The summed E-state index contributed by atoms with van der Waals surface area (Å²) >= 11 is 0. The minimum atomic E-state index is -0.718. The lowest BCUT2D eigenvalue weighted by atomic mass is 9.92. The number of carbonyl (C=O) groups is 1. The number of hydrogen-bond donors (Lipinski definition) is 2. The van der Waals surface area contributed by atoms with E-state index in [4.69, 9.17) is 5.11 Å². The average molecular weight is 242 g/mol. The van der Waals surface area contributed by atoms with E-state index in [2.05, 4.69) is 31.0 Å². The first-order chi connectivity index (χ1) is 8.01. The van der Waals surface area contributed by atoms with Crippen LogP contribution in [-0.2, 0) is 4.79 Å². The van der Waals surface area contributed by atoms with Crippen molar-refractivity contribution in [3.8, 4) is 0 Å². The number of carboxylic acids is 1. The molecule has 0 saturated carbocycles. The number of rotatable bonds is 6. The van der Waals surface area contributed by atoms with Gasteiger partial charge in [-0.25, -0.2) is 0 Å². The van der Waals surface area contributed by atoms with Crippen LogP contribution >= 0.6 is 0 Å². The van der Waals surface area contributed by atoms with Crippen molar-refractivity contribution in [2.45, 2.75) is 39.7 Å². The van der Waals surface area contributed by atoms with Crippen LogP contribution < -0.4 is 5.32 Å². The molecule has 2 unspecified atom stereocenters. The fourth-order valence-corrected chi connectivity index (χ4v) is 2.47. The van der Waals surface area contributed by atoms with E-state index < -0.39 is 5.97 Å². The van der Waals surface area contributed by atoms with Crippen LogP contribution in [0.15, 0.2) is 0 Å². The molecule has 2 N–H and O–H groups in total. The number of carboxylic acid groups (broad SMARTS) is 1. The number of aliphatic carboxylic acids is 1. The third-order valence-electron chi connectivity index (χ3n) is 3.36. The van der Waals surface area contributed by atoms with E-state index in [0.29, 0.717) is 17.9 Å². The first-order valence-electron chi connectivity index (χ1n) is 6.68. The summed E-state index contributed by atoms with van der Waals surface area (Å²) in [6.45, 7) is 9.58. The summed E-state index contributed by atoms with van der Waals surface area (Å²) < 4.78 is 0. The highest BCUT2D eigenvalue weighted by Crippen LogP contribution is 2.19. The van der Waals surface area contributed by atoms with Gasteiger partial charge in [0.25, 0.3) is 0 Å². The summed E-state index contributed by atoms with van der Waals surface area (Å²) in [4.78, 5) is 12.8. The molecule has 0 aliphatic carbocycles. The Labute approximate surface area is 104 Å². The van der Waals surface area contributed by atoms with Crippen molar-refractivity contribution in [3.63, 3.8) is 0 Å². The molecule has 1 heterocycles. The van der Waals surface area contributed by atoms with Gasteiger partial charge in [0.1, 0.15) is 0 Å². The van der Waals surface area contributed by atoms with Gasteiger partial charge in [0, 0.05) is 19.1 Å². The molecule has 0 aromatic rings. The quantitative estimate of drug-likeness (QED) is 0.739. The maximum Gasteiger partial charge on any atom is 0.317 e. The summed E-state index contributed by atoms with van der Waals surface area (Å²) in [6.07, 6.45) is 2.31. The number of likely N-dealkylation sites (tertiary alicyclic amines) is 1. The van der Waals surface area contributed by atoms with E-state index in [1.54, 1.807) is 0 Å². The van der Waals surface area contributed by atoms with Crippen molar-refractivity contribution in [3.05, 3.63) is 0 Å². The molecule has 1 aliphatic rings. The molecule has 0 amide bonds. The Morgan fingerprint density at radius 1 is 1.47 bits per heavy atom. The van der Waals surface area contributed by atoms with Gasteiger partial charge in [0.15, 0.2) is 0 Å². The van der Waals surface area contributed by atoms with Gasteiger partial charge in [0.05, 0.1) is 6.54 Å². The zero-order valence-electron chi connectivity index (χ0n) is 11.3. The molecule has 1 rings (SSSR count). The Balaban J connectivity index is 2.44. The second-order valence-corrected chi connectivity index (χ2v) is 5.60. The molecule has 0 aromatic heterocycles. The zero-order valence-corrected chi connectivity index (χ0v) is 11.3. The van der Waals surface area contributed by atoms with Crippen LogP contribution in [0.1, 0.15) is 33.6 Å². The van der Waals surface area contributed by atoms with Crippen LogP contribution in [0.2, 0.25) is 0 Å². The van der Waals surface area contributed by atoms with Crippen molar-refractivity contribution in [2.24, 2.45) is 11.8 Å². The lowest BCUT2D eigenvalue weighted by Crippen LogP contribution is -2.51. The maximum absolute atomic E-state index is 10.8. The molecule has 1 fully saturated rings. The number of hydrogen-bond acceptors (Lipinski definition) is 3. The van der Waals surface area contributed by atoms with E-state index in [-0.39, 0.29) is 6.54 Å². The second kappa shape index (κ2) is 6.97. The molecule has 2 atom stereocenters. The van der Waals surface area contributed by atoms with Crippen molar-refractivity contribution in [1.29, 1.82) is 0 Å². The van der Waals surface area contributed by atoms with Gasteiger partial charge >= 0.3 is 5.97 Å². The Morgan fingerprint density at radius 3 is 2.71 bits per heavy atom. The van der Waals surface area contributed by atoms with Gasteiger partial charge in [-0.1, -0.05) is 27.2 Å². The lowest BCUT2D eigenvalue weighted by molar-refractivity contribution is -0.138. The molecular formula is C13H26N2O2. The largest absolute Gasteiger partial charge is 0.480 e. The maximum atomic E-state index is 10.8. The summed E-state index contributed by atoms with van der Waals surface area (Å²) in [5.74, 6) is 0.557. The Bertz CT molecular complexity index is 244. The molecule has 0 spiro atoms. The van der Waals surface area contributed by atoms with E-state index in [0.717, 1.165) is 26.1 Å². The van der Waals surface area contributed by atoms with Crippen molar-refractivity contribution >= 4 is 5.97 Å². The van der Waals surface area contributed by atoms with Crippen LogP contribution in [0, 0.1) is 11.8 Å². The molecule has 100 valence electrons. The first-order valence-corrected chi connectivity index (χ1v) is 6.68. The molecule has 1 saturated heterocycles. The molecule has 0 aromatic carbocycles. The highest BCUT2D eigenvalue weighted by molar-refractivity contribution is 5.69. The Hall–Kier alpha value is -0.610. The van der Waals surface area contributed by atoms with Gasteiger partial charge in [-0.2, -0.15) is 0 Å². The molecule has 0 bridgehead atoms. The predicted molar refractivity (Wildman–Crippen MR) is 69.1 cm³/mol. The van der Waals surface area contributed by atoms with E-state index in [9.17, 15) is 4.79 Å². The standard InChI is InChI=1S/C13H26N2O2/c1-4-11-5-12(14-6-10(2)3)8-15(7-11)9-13(16)17/h10-12,14H,4-9H2,1-3H3,(H,16,17).